The molecule has 0 radical (unpaired) electrons. The molecule has 15 heavy (non-hydrogen) atoms. The largest absolute Gasteiger partial charge is 0.301 e. The van der Waals surface area contributed by atoms with E-state index >= 15 is 0 Å². The van der Waals surface area contributed by atoms with Gasteiger partial charge in [-0.2, -0.15) is 0 Å². The van der Waals surface area contributed by atoms with Gasteiger partial charge in [0.05, 0.1) is 10.2 Å². The molecule has 1 aromatic carbocycles. The van der Waals surface area contributed by atoms with Crippen molar-refractivity contribution < 1.29 is 4.79 Å². The molecule has 0 bridgehead atoms. The highest BCUT2D eigenvalue weighted by molar-refractivity contribution is 7.18. The topological polar surface area (TPSA) is 68.0 Å². The van der Waals surface area contributed by atoms with Crippen molar-refractivity contribution in [3.05, 3.63) is 28.2 Å². The van der Waals surface area contributed by atoms with Crippen LogP contribution >= 0.6 is 22.9 Å². The third-order valence-corrected chi connectivity index (χ3v) is 3.29. The molecule has 6 heteroatoms. The summed E-state index contributed by atoms with van der Waals surface area (Å²) in [5, 5.41) is 1.30. The summed E-state index contributed by atoms with van der Waals surface area (Å²) in [5.41, 5.74) is 3.21. The molecule has 0 fully saturated rings. The van der Waals surface area contributed by atoms with Gasteiger partial charge in [0.2, 0.25) is 0 Å². The van der Waals surface area contributed by atoms with E-state index < -0.39 is 6.04 Å². The van der Waals surface area contributed by atoms with Crippen LogP contribution in [0.3, 0.4) is 0 Å². The minimum atomic E-state index is -0.554. The van der Waals surface area contributed by atoms with E-state index in [-0.39, 0.29) is 0 Å². The van der Waals surface area contributed by atoms with E-state index in [0.29, 0.717) is 10.0 Å². The number of hydrazine groups is 1. The van der Waals surface area contributed by atoms with Gasteiger partial charge in [-0.3, -0.25) is 5.84 Å². The van der Waals surface area contributed by atoms with Crippen molar-refractivity contribution in [2.45, 2.75) is 6.04 Å². The van der Waals surface area contributed by atoms with Gasteiger partial charge >= 0.3 is 0 Å². The number of nitrogens with two attached hydrogens (primary N) is 1. The predicted molar refractivity (Wildman–Crippen MR) is 60.8 cm³/mol. The third kappa shape index (κ3) is 2.00. The van der Waals surface area contributed by atoms with Crippen LogP contribution in [0.2, 0.25) is 5.02 Å². The number of thiazole rings is 1. The molecule has 2 rings (SSSR count). The average molecular weight is 242 g/mol. The van der Waals surface area contributed by atoms with Crippen molar-refractivity contribution in [2.24, 2.45) is 5.84 Å². The average Bonchev–Trinajstić information content (AvgIpc) is 2.62. The molecule has 3 N–H and O–H groups in total. The van der Waals surface area contributed by atoms with Crippen molar-refractivity contribution >= 4 is 39.4 Å². The number of fused-ring (bicyclic) bond motifs is 1. The Morgan fingerprint density at radius 3 is 3.07 bits per heavy atom. The highest BCUT2D eigenvalue weighted by Crippen LogP contribution is 2.27. The Balaban J connectivity index is 2.50. The lowest BCUT2D eigenvalue weighted by molar-refractivity contribution is -0.109. The Kier molecular flexibility index (Phi) is 2.97. The SMILES string of the molecule is NNC(C=O)c1nc2ccc(Cl)cc2s1. The number of nitrogens with zero attached hydrogens (tertiary/aromatic N) is 1. The maximum absolute atomic E-state index is 10.7. The van der Waals surface area contributed by atoms with Gasteiger partial charge in [0, 0.05) is 5.02 Å². The summed E-state index contributed by atoms with van der Waals surface area (Å²) in [6.45, 7) is 0. The second kappa shape index (κ2) is 4.24. The van der Waals surface area contributed by atoms with Gasteiger partial charge in [-0.05, 0) is 18.2 Å². The second-order valence-corrected chi connectivity index (χ2v) is 4.44. The minimum Gasteiger partial charge on any atom is -0.301 e. The molecule has 1 aromatic heterocycles. The van der Waals surface area contributed by atoms with E-state index in [1.54, 1.807) is 6.07 Å². The minimum absolute atomic E-state index is 0.554. The van der Waals surface area contributed by atoms with Crippen LogP contribution in [-0.2, 0) is 4.79 Å². The van der Waals surface area contributed by atoms with Crippen molar-refractivity contribution in [3.8, 4) is 0 Å². The Morgan fingerprint density at radius 2 is 2.40 bits per heavy atom. The number of nitrogens with one attached hydrogen (secondary N) is 1. The monoisotopic (exact) mass is 241 g/mol. The first kappa shape index (κ1) is 10.5. The summed E-state index contributed by atoms with van der Waals surface area (Å²) in [7, 11) is 0. The van der Waals surface area contributed by atoms with Crippen LogP contribution in [0.15, 0.2) is 18.2 Å². The number of aromatic nitrogens is 1. The lowest BCUT2D eigenvalue weighted by Gasteiger charge is -2.02. The fourth-order valence-electron chi connectivity index (χ4n) is 1.22. The van der Waals surface area contributed by atoms with E-state index in [2.05, 4.69) is 10.4 Å². The smallest absolute Gasteiger partial charge is 0.145 e. The first-order valence-corrected chi connectivity index (χ1v) is 5.41. The first-order valence-electron chi connectivity index (χ1n) is 4.22. The standard InChI is InChI=1S/C9H8ClN3OS/c10-5-1-2-6-8(3-5)15-9(12-6)7(4-14)13-11/h1-4,7,13H,11H2. The van der Waals surface area contributed by atoms with Gasteiger partial charge in [0.15, 0.2) is 0 Å². The Hall–Kier alpha value is -1.01. The van der Waals surface area contributed by atoms with E-state index in [1.807, 2.05) is 12.1 Å². The van der Waals surface area contributed by atoms with Crippen LogP contribution in [0, 0.1) is 0 Å². The number of rotatable bonds is 3. The molecule has 1 unspecified atom stereocenters. The Morgan fingerprint density at radius 1 is 1.60 bits per heavy atom. The molecule has 0 amide bonds. The van der Waals surface area contributed by atoms with Crippen LogP contribution in [0.4, 0.5) is 0 Å². The van der Waals surface area contributed by atoms with Crippen LogP contribution in [0.25, 0.3) is 10.2 Å². The number of carbonyl (C=O) groups excluding carboxylic acids is 1. The molecule has 0 aliphatic rings. The second-order valence-electron chi connectivity index (χ2n) is 2.94. The molecule has 0 saturated heterocycles. The van der Waals surface area contributed by atoms with Crippen LogP contribution in [0.5, 0.6) is 0 Å². The van der Waals surface area contributed by atoms with Gasteiger partial charge in [-0.1, -0.05) is 11.6 Å². The van der Waals surface area contributed by atoms with Gasteiger partial charge in [-0.15, -0.1) is 11.3 Å². The number of benzene rings is 1. The summed E-state index contributed by atoms with van der Waals surface area (Å²) in [5.74, 6) is 5.23. The Bertz CT molecular complexity index is 499. The Labute approximate surface area is 95.0 Å². The van der Waals surface area contributed by atoms with E-state index in [1.165, 1.54) is 11.3 Å². The van der Waals surface area contributed by atoms with E-state index in [4.69, 9.17) is 17.4 Å². The first-order chi connectivity index (χ1) is 7.24. The van der Waals surface area contributed by atoms with Gasteiger partial charge in [0.1, 0.15) is 17.3 Å². The molecule has 2 aromatic rings. The van der Waals surface area contributed by atoms with E-state index in [0.717, 1.165) is 16.5 Å². The molecular formula is C9H8ClN3OS. The zero-order valence-corrected chi connectivity index (χ0v) is 9.18. The molecule has 0 aliphatic carbocycles. The fraction of sp³-hybridized carbons (Fsp3) is 0.111. The number of aldehydes is 1. The van der Waals surface area contributed by atoms with Crippen molar-refractivity contribution in [1.29, 1.82) is 0 Å². The predicted octanol–water partition coefficient (Wildman–Crippen LogP) is 1.65. The summed E-state index contributed by atoms with van der Waals surface area (Å²) in [4.78, 5) is 15.0. The fourth-order valence-corrected chi connectivity index (χ4v) is 2.48. The summed E-state index contributed by atoms with van der Waals surface area (Å²) >= 11 is 7.24. The number of hydrogen-bond acceptors (Lipinski definition) is 5. The van der Waals surface area contributed by atoms with Gasteiger partial charge in [0.25, 0.3) is 0 Å². The molecule has 78 valence electrons. The number of carbonyl (C=O) groups is 1. The zero-order chi connectivity index (χ0) is 10.8. The molecule has 1 atom stereocenters. The van der Waals surface area contributed by atoms with Gasteiger partial charge < -0.3 is 4.79 Å². The van der Waals surface area contributed by atoms with Gasteiger partial charge in [-0.25, -0.2) is 10.4 Å². The van der Waals surface area contributed by atoms with Crippen molar-refractivity contribution in [3.63, 3.8) is 0 Å². The quantitative estimate of drug-likeness (QED) is 0.487. The normalized spacial score (nSPS) is 12.9. The number of hydrogen-bond donors (Lipinski definition) is 2. The summed E-state index contributed by atoms with van der Waals surface area (Å²) in [6, 6.07) is 4.84. The highest BCUT2D eigenvalue weighted by Gasteiger charge is 2.13. The van der Waals surface area contributed by atoms with Crippen molar-refractivity contribution in [2.75, 3.05) is 0 Å². The summed E-state index contributed by atoms with van der Waals surface area (Å²) in [6.07, 6.45) is 0.722. The highest BCUT2D eigenvalue weighted by atomic mass is 35.5. The maximum atomic E-state index is 10.7. The molecule has 0 aliphatic heterocycles. The summed E-state index contributed by atoms with van der Waals surface area (Å²) < 4.78 is 0.944. The number of halogens is 1. The van der Waals surface area contributed by atoms with Crippen LogP contribution in [0.1, 0.15) is 11.0 Å². The lowest BCUT2D eigenvalue weighted by Crippen LogP contribution is -2.28. The maximum Gasteiger partial charge on any atom is 0.145 e. The van der Waals surface area contributed by atoms with Crippen LogP contribution < -0.4 is 11.3 Å². The van der Waals surface area contributed by atoms with E-state index in [9.17, 15) is 4.79 Å². The van der Waals surface area contributed by atoms with Crippen LogP contribution in [-0.4, -0.2) is 11.3 Å². The molecule has 0 saturated carbocycles. The third-order valence-electron chi connectivity index (χ3n) is 1.95. The molecular weight excluding hydrogens is 234 g/mol. The zero-order valence-electron chi connectivity index (χ0n) is 7.61. The molecule has 1 heterocycles. The molecule has 4 nitrogen and oxygen atoms in total. The van der Waals surface area contributed by atoms with Crippen molar-refractivity contribution in [1.82, 2.24) is 10.4 Å². The molecule has 0 spiro atoms. The lowest BCUT2D eigenvalue weighted by atomic mass is 10.3.